The number of nitrogens with one attached hydrogen (secondary N) is 2. The van der Waals surface area contributed by atoms with Crippen LogP contribution >= 0.6 is 11.6 Å². The minimum Gasteiger partial charge on any atom is -0.495 e. The smallest absolute Gasteiger partial charge is 0.251 e. The van der Waals surface area contributed by atoms with Crippen molar-refractivity contribution in [3.8, 4) is 11.5 Å². The molecule has 0 saturated carbocycles. The molecule has 0 spiro atoms. The van der Waals surface area contributed by atoms with Gasteiger partial charge in [-0.1, -0.05) is 11.6 Å². The van der Waals surface area contributed by atoms with Crippen molar-refractivity contribution in [2.75, 3.05) is 19.5 Å². The summed E-state index contributed by atoms with van der Waals surface area (Å²) in [6.07, 6.45) is 4.93. The highest BCUT2D eigenvalue weighted by molar-refractivity contribution is 6.32. The molecule has 0 aliphatic heterocycles. The van der Waals surface area contributed by atoms with E-state index in [1.54, 1.807) is 50.0 Å². The van der Waals surface area contributed by atoms with Crippen LogP contribution in [0, 0.1) is 0 Å². The van der Waals surface area contributed by atoms with Crippen molar-refractivity contribution >= 4 is 29.0 Å². The Morgan fingerprint density at radius 2 is 1.79 bits per heavy atom. The van der Waals surface area contributed by atoms with E-state index < -0.39 is 0 Å². The number of hydrogen-bond donors (Lipinski definition) is 2. The van der Waals surface area contributed by atoms with Crippen LogP contribution in [0.3, 0.4) is 0 Å². The molecule has 3 rings (SSSR count). The van der Waals surface area contributed by atoms with E-state index in [-0.39, 0.29) is 5.91 Å². The third-order valence-electron chi connectivity index (χ3n) is 3.96. The van der Waals surface area contributed by atoms with Gasteiger partial charge in [0.2, 0.25) is 0 Å². The van der Waals surface area contributed by atoms with Crippen LogP contribution in [0.4, 0.5) is 11.5 Å². The highest BCUT2D eigenvalue weighted by Crippen LogP contribution is 2.37. The molecular weight excluding hydrogens is 380 g/mol. The second-order valence-corrected chi connectivity index (χ2v) is 6.19. The number of benzene rings is 1. The predicted molar refractivity (Wildman–Crippen MR) is 107 cm³/mol. The maximum atomic E-state index is 12.4. The number of ether oxygens (including phenoxy) is 2. The predicted octanol–water partition coefficient (Wildman–Crippen LogP) is 3.82. The Hall–Kier alpha value is -3.32. The number of carbonyl (C=O) groups excluding carboxylic acids is 1. The number of anilines is 2. The standard InChI is InChI=1S/C20H19ClN4O3/c1-27-17-11-16(18(28-2)10-15(17)21)25-19-9-14(5-8-23-19)20(26)24-12-13-3-6-22-7-4-13/h3-11H,12H2,1-2H3,(H,23,25)(H,24,26). The molecular formula is C20H19ClN4O3. The largest absolute Gasteiger partial charge is 0.495 e. The van der Waals surface area contributed by atoms with Gasteiger partial charge in [0.1, 0.15) is 17.3 Å². The number of carbonyl (C=O) groups is 1. The second-order valence-electron chi connectivity index (χ2n) is 5.78. The molecule has 0 radical (unpaired) electrons. The monoisotopic (exact) mass is 398 g/mol. The molecule has 0 unspecified atom stereocenters. The van der Waals surface area contributed by atoms with Crippen LogP contribution in [0.5, 0.6) is 11.5 Å². The lowest BCUT2D eigenvalue weighted by Crippen LogP contribution is -2.22. The summed E-state index contributed by atoms with van der Waals surface area (Å²) in [7, 11) is 3.07. The Morgan fingerprint density at radius 1 is 1.04 bits per heavy atom. The summed E-state index contributed by atoms with van der Waals surface area (Å²) in [5.74, 6) is 1.30. The molecule has 0 aliphatic carbocycles. The second kappa shape index (κ2) is 9.05. The number of halogens is 1. The summed E-state index contributed by atoms with van der Waals surface area (Å²) in [6, 6.07) is 10.3. The van der Waals surface area contributed by atoms with Gasteiger partial charge in [-0.2, -0.15) is 0 Å². The third-order valence-corrected chi connectivity index (χ3v) is 4.26. The highest BCUT2D eigenvalue weighted by Gasteiger charge is 2.12. The maximum absolute atomic E-state index is 12.4. The van der Waals surface area contributed by atoms with Gasteiger partial charge >= 0.3 is 0 Å². The molecule has 2 aromatic heterocycles. The zero-order chi connectivity index (χ0) is 19.9. The normalized spacial score (nSPS) is 10.2. The molecule has 3 aromatic rings. The number of rotatable bonds is 7. The topological polar surface area (TPSA) is 85.4 Å². The van der Waals surface area contributed by atoms with Crippen LogP contribution in [0.2, 0.25) is 5.02 Å². The quantitative estimate of drug-likeness (QED) is 0.629. The Morgan fingerprint density at radius 3 is 2.50 bits per heavy atom. The first kappa shape index (κ1) is 19.4. The molecule has 2 heterocycles. The van der Waals surface area contributed by atoms with Gasteiger partial charge in [0.05, 0.1) is 24.9 Å². The van der Waals surface area contributed by atoms with E-state index in [1.165, 1.54) is 7.11 Å². The Labute approximate surface area is 167 Å². The molecule has 0 fully saturated rings. The lowest BCUT2D eigenvalue weighted by molar-refractivity contribution is 0.0951. The average molecular weight is 399 g/mol. The average Bonchev–Trinajstić information content (AvgIpc) is 2.73. The van der Waals surface area contributed by atoms with Gasteiger partial charge in [-0.25, -0.2) is 4.98 Å². The Kier molecular flexibility index (Phi) is 6.29. The van der Waals surface area contributed by atoms with Crippen LogP contribution in [-0.2, 0) is 6.54 Å². The number of pyridine rings is 2. The fourth-order valence-corrected chi connectivity index (χ4v) is 2.75. The summed E-state index contributed by atoms with van der Waals surface area (Å²) in [4.78, 5) is 20.7. The van der Waals surface area contributed by atoms with E-state index in [2.05, 4.69) is 20.6 Å². The van der Waals surface area contributed by atoms with Gasteiger partial charge in [0.15, 0.2) is 0 Å². The van der Waals surface area contributed by atoms with Crippen LogP contribution in [0.15, 0.2) is 55.0 Å². The molecule has 0 bridgehead atoms. The van der Waals surface area contributed by atoms with Crippen molar-refractivity contribution in [1.29, 1.82) is 0 Å². The van der Waals surface area contributed by atoms with E-state index in [4.69, 9.17) is 21.1 Å². The van der Waals surface area contributed by atoms with Crippen molar-refractivity contribution in [3.63, 3.8) is 0 Å². The lowest BCUT2D eigenvalue weighted by atomic mass is 10.2. The fourth-order valence-electron chi connectivity index (χ4n) is 2.52. The van der Waals surface area contributed by atoms with Gasteiger partial charge in [-0.15, -0.1) is 0 Å². The van der Waals surface area contributed by atoms with Crippen molar-refractivity contribution in [1.82, 2.24) is 15.3 Å². The number of amides is 1. The molecule has 0 aliphatic rings. The van der Waals surface area contributed by atoms with Gasteiger partial charge < -0.3 is 20.1 Å². The summed E-state index contributed by atoms with van der Waals surface area (Å²) < 4.78 is 10.6. The maximum Gasteiger partial charge on any atom is 0.251 e. The summed E-state index contributed by atoms with van der Waals surface area (Å²) in [5.41, 5.74) is 2.06. The van der Waals surface area contributed by atoms with Crippen molar-refractivity contribution in [3.05, 3.63) is 71.1 Å². The van der Waals surface area contributed by atoms with Crippen LogP contribution in [-0.4, -0.2) is 30.1 Å². The summed E-state index contributed by atoms with van der Waals surface area (Å²) in [6.45, 7) is 0.411. The Bertz CT molecular complexity index is 967. The highest BCUT2D eigenvalue weighted by atomic mass is 35.5. The van der Waals surface area contributed by atoms with Gasteiger partial charge in [0, 0.05) is 42.8 Å². The van der Waals surface area contributed by atoms with E-state index in [9.17, 15) is 4.79 Å². The number of aromatic nitrogens is 2. The van der Waals surface area contributed by atoms with E-state index in [0.29, 0.717) is 40.1 Å². The van der Waals surface area contributed by atoms with Crippen molar-refractivity contribution in [2.24, 2.45) is 0 Å². The Balaban J connectivity index is 1.75. The minimum atomic E-state index is -0.206. The first-order valence-corrected chi connectivity index (χ1v) is 8.80. The van der Waals surface area contributed by atoms with E-state index in [0.717, 1.165) is 5.56 Å². The van der Waals surface area contributed by atoms with Crippen molar-refractivity contribution < 1.29 is 14.3 Å². The number of nitrogens with zero attached hydrogens (tertiary/aromatic N) is 2. The summed E-state index contributed by atoms with van der Waals surface area (Å²) >= 11 is 6.13. The van der Waals surface area contributed by atoms with Gasteiger partial charge in [-0.3, -0.25) is 9.78 Å². The number of hydrogen-bond acceptors (Lipinski definition) is 6. The first-order chi connectivity index (χ1) is 13.6. The van der Waals surface area contributed by atoms with Gasteiger partial charge in [-0.05, 0) is 29.8 Å². The molecule has 1 aromatic carbocycles. The zero-order valence-corrected chi connectivity index (χ0v) is 16.2. The number of methoxy groups -OCH3 is 2. The molecule has 1 amide bonds. The first-order valence-electron chi connectivity index (χ1n) is 8.42. The molecule has 8 heteroatoms. The molecule has 0 atom stereocenters. The molecule has 28 heavy (non-hydrogen) atoms. The zero-order valence-electron chi connectivity index (χ0n) is 15.4. The van der Waals surface area contributed by atoms with Crippen LogP contribution in [0.25, 0.3) is 0 Å². The van der Waals surface area contributed by atoms with Crippen LogP contribution in [0.1, 0.15) is 15.9 Å². The molecule has 7 nitrogen and oxygen atoms in total. The van der Waals surface area contributed by atoms with E-state index in [1.807, 2.05) is 12.1 Å². The van der Waals surface area contributed by atoms with Crippen molar-refractivity contribution in [2.45, 2.75) is 6.54 Å². The van der Waals surface area contributed by atoms with Gasteiger partial charge in [0.25, 0.3) is 5.91 Å². The van der Waals surface area contributed by atoms with E-state index >= 15 is 0 Å². The third kappa shape index (κ3) is 4.69. The summed E-state index contributed by atoms with van der Waals surface area (Å²) in [5, 5.41) is 6.43. The molecule has 144 valence electrons. The molecule has 0 saturated heterocycles. The van der Waals surface area contributed by atoms with Crippen LogP contribution < -0.4 is 20.1 Å². The SMILES string of the molecule is COc1cc(Nc2cc(C(=O)NCc3ccncc3)ccn2)c(OC)cc1Cl. The molecule has 2 N–H and O–H groups in total. The fraction of sp³-hybridized carbons (Fsp3) is 0.150. The lowest BCUT2D eigenvalue weighted by Gasteiger charge is -2.14. The minimum absolute atomic E-state index is 0.206.